The topological polar surface area (TPSA) is 257 Å². The summed E-state index contributed by atoms with van der Waals surface area (Å²) in [7, 11) is 1.11. The molecule has 2 amide bonds. The molecule has 23 heteroatoms. The molecule has 2 aromatic heterocycles. The highest BCUT2D eigenvalue weighted by molar-refractivity contribution is 5.86. The molecule has 1 fully saturated rings. The Labute approximate surface area is 288 Å². The van der Waals surface area contributed by atoms with E-state index in [0.717, 1.165) is 43.1 Å². The molecule has 284 valence electrons. The van der Waals surface area contributed by atoms with E-state index >= 15 is 0 Å². The predicted molar refractivity (Wildman–Crippen MR) is 159 cm³/mol. The van der Waals surface area contributed by atoms with Crippen molar-refractivity contribution in [2.45, 2.75) is 68.8 Å². The maximum Gasteiger partial charge on any atom is 0.417 e. The third kappa shape index (κ3) is 8.97. The van der Waals surface area contributed by atoms with Crippen LogP contribution in [-0.2, 0) is 31.8 Å². The Morgan fingerprint density at radius 1 is 1.19 bits per heavy atom. The van der Waals surface area contributed by atoms with Gasteiger partial charge in [0.15, 0.2) is 0 Å². The summed E-state index contributed by atoms with van der Waals surface area (Å²) < 4.78 is 89.6. The molecule has 3 heterocycles. The van der Waals surface area contributed by atoms with E-state index in [-0.39, 0.29) is 17.3 Å². The number of anilines is 1. The number of halogens is 5. The van der Waals surface area contributed by atoms with Crippen LogP contribution in [0.2, 0.25) is 0 Å². The number of carboxylic acid groups (broad SMARTS) is 1. The van der Waals surface area contributed by atoms with Crippen LogP contribution in [0.25, 0.3) is 5.69 Å². The van der Waals surface area contributed by atoms with Gasteiger partial charge >= 0.3 is 24.0 Å². The molecule has 0 saturated carbocycles. The van der Waals surface area contributed by atoms with Crippen molar-refractivity contribution < 1.29 is 80.8 Å². The number of hydrogen-bond donors (Lipinski definition) is 7. The molecule has 7 N–H and O–H groups in total. The van der Waals surface area contributed by atoms with Gasteiger partial charge in [0.2, 0.25) is 11.8 Å². The van der Waals surface area contributed by atoms with Crippen LogP contribution in [0, 0.1) is 0 Å². The fourth-order valence-electron chi connectivity index (χ4n) is 4.99. The van der Waals surface area contributed by atoms with Crippen molar-refractivity contribution in [1.82, 2.24) is 25.3 Å². The summed E-state index contributed by atoms with van der Waals surface area (Å²) in [5.41, 5.74) is -2.69. The number of aliphatic carboxylic acids is 1. The van der Waals surface area contributed by atoms with Crippen LogP contribution in [0.5, 0.6) is 11.6 Å². The molecular formula is C29H31F5N6O12. The lowest BCUT2D eigenvalue weighted by Crippen LogP contribution is -2.68. The minimum Gasteiger partial charge on any atom is -0.480 e. The third-order valence-corrected chi connectivity index (χ3v) is 7.45. The number of aliphatic hydroxyl groups excluding tert-OH is 4. The lowest BCUT2D eigenvalue weighted by atomic mass is 9.88. The van der Waals surface area contributed by atoms with Crippen molar-refractivity contribution in [2.75, 3.05) is 19.0 Å². The van der Waals surface area contributed by atoms with Crippen molar-refractivity contribution >= 4 is 23.7 Å². The summed E-state index contributed by atoms with van der Waals surface area (Å²) in [6.45, 7) is -0.605. The van der Waals surface area contributed by atoms with E-state index in [9.17, 15) is 61.9 Å². The van der Waals surface area contributed by atoms with Gasteiger partial charge in [-0.15, -0.1) is 5.10 Å². The highest BCUT2D eigenvalue weighted by Gasteiger charge is 2.57. The predicted octanol–water partition coefficient (Wildman–Crippen LogP) is 0.904. The number of benzene rings is 1. The number of hydrogen-bond acceptors (Lipinski definition) is 14. The minimum absolute atomic E-state index is 0.0546. The van der Waals surface area contributed by atoms with Crippen LogP contribution in [0.3, 0.4) is 0 Å². The van der Waals surface area contributed by atoms with E-state index < -0.39 is 109 Å². The van der Waals surface area contributed by atoms with Gasteiger partial charge in [0.1, 0.15) is 42.0 Å². The summed E-state index contributed by atoms with van der Waals surface area (Å²) in [4.78, 5) is 40.0. The Kier molecular flexibility index (Phi) is 12.2. The minimum atomic E-state index is -4.77. The van der Waals surface area contributed by atoms with Gasteiger partial charge in [-0.2, -0.15) is 13.2 Å². The summed E-state index contributed by atoms with van der Waals surface area (Å²) in [6.07, 6.45) is -16.5. The van der Waals surface area contributed by atoms with Gasteiger partial charge in [-0.25, -0.2) is 28.0 Å². The van der Waals surface area contributed by atoms with E-state index in [4.69, 9.17) is 18.9 Å². The molecule has 0 radical (unpaired) electrons. The van der Waals surface area contributed by atoms with Crippen LogP contribution in [0.1, 0.15) is 36.6 Å². The standard InChI is InChI=1S/C29H31F5N6O12/c1-12(42)36-21-18(43)7-28(26(46)47,52-23(21)22(45)19(44)10-41)51-20-4-3-15(6-16(20)24(30)31)40-9-14(38-39-40)11-50-27(48)37-17-5-13(29(32,33)34)8-35-25(17)49-2/h3-6,8-9,18-19,21-24,41,43-45H,7,10-11H2,1-2H3,(H,36,42)(H,37,48)(H,46,47)/t18-,19+,21+,22+,23+,28+/m0/s1. The fraction of sp³-hybridized carbons (Fsp3) is 0.448. The first kappa shape index (κ1) is 39.6. The smallest absolute Gasteiger partial charge is 0.417 e. The Morgan fingerprint density at radius 3 is 2.50 bits per heavy atom. The lowest BCUT2D eigenvalue weighted by molar-refractivity contribution is -0.284. The molecule has 1 aliphatic heterocycles. The number of aromatic nitrogens is 4. The van der Waals surface area contributed by atoms with Crippen LogP contribution in [0.15, 0.2) is 36.7 Å². The lowest BCUT2D eigenvalue weighted by Gasteiger charge is -2.46. The number of methoxy groups -OCH3 is 1. The number of pyridine rings is 1. The number of alkyl halides is 5. The number of carbonyl (C=O) groups is 3. The van der Waals surface area contributed by atoms with Crippen molar-refractivity contribution in [3.63, 3.8) is 0 Å². The highest BCUT2D eigenvalue weighted by atomic mass is 19.4. The zero-order valence-corrected chi connectivity index (χ0v) is 26.8. The van der Waals surface area contributed by atoms with E-state index in [0.29, 0.717) is 12.3 Å². The quantitative estimate of drug-likeness (QED) is 0.120. The SMILES string of the molecule is COc1ncc(C(F)(F)F)cc1NC(=O)OCc1cn(-c2ccc(O[C@]3(C(=O)O)C[C@H](O)[C@@H](NC(C)=O)[C@H]([C@H](O)[C@H](O)CO)O3)c(C(F)F)c2)nn1. The van der Waals surface area contributed by atoms with E-state index in [1.807, 2.05) is 0 Å². The van der Waals surface area contributed by atoms with Crippen LogP contribution in [0.4, 0.5) is 32.4 Å². The van der Waals surface area contributed by atoms with Crippen molar-refractivity contribution in [2.24, 2.45) is 0 Å². The molecule has 3 aromatic rings. The summed E-state index contributed by atoms with van der Waals surface area (Å²) >= 11 is 0. The molecule has 1 aliphatic rings. The molecule has 52 heavy (non-hydrogen) atoms. The number of aliphatic hydroxyl groups is 4. The third-order valence-electron chi connectivity index (χ3n) is 7.45. The van der Waals surface area contributed by atoms with Crippen molar-refractivity contribution in [3.05, 3.63) is 53.5 Å². The van der Waals surface area contributed by atoms with E-state index in [1.165, 1.54) is 0 Å². The van der Waals surface area contributed by atoms with Gasteiger partial charge in [-0.1, -0.05) is 5.21 Å². The maximum absolute atomic E-state index is 14.3. The van der Waals surface area contributed by atoms with Crippen molar-refractivity contribution in [3.8, 4) is 17.3 Å². The number of ether oxygens (including phenoxy) is 4. The van der Waals surface area contributed by atoms with Crippen LogP contribution in [-0.4, -0.2) is 113 Å². The number of amides is 2. The van der Waals surface area contributed by atoms with Gasteiger partial charge in [0, 0.05) is 13.1 Å². The van der Waals surface area contributed by atoms with E-state index in [1.54, 1.807) is 0 Å². The average Bonchev–Trinajstić information content (AvgIpc) is 3.56. The molecule has 6 atom stereocenters. The molecule has 18 nitrogen and oxygen atoms in total. The first-order valence-corrected chi connectivity index (χ1v) is 14.8. The van der Waals surface area contributed by atoms with Crippen LogP contribution >= 0.6 is 0 Å². The first-order valence-electron chi connectivity index (χ1n) is 14.8. The highest BCUT2D eigenvalue weighted by Crippen LogP contribution is 2.39. The summed E-state index contributed by atoms with van der Waals surface area (Å²) in [6, 6.07) is 1.92. The molecule has 1 aromatic carbocycles. The number of nitrogens with one attached hydrogen (secondary N) is 2. The number of carboxylic acids is 1. The largest absolute Gasteiger partial charge is 0.480 e. The average molecular weight is 751 g/mol. The number of rotatable bonds is 13. The van der Waals surface area contributed by atoms with Crippen LogP contribution < -0.4 is 20.1 Å². The monoisotopic (exact) mass is 750 g/mol. The molecule has 4 rings (SSSR count). The van der Waals surface area contributed by atoms with E-state index in [2.05, 4.69) is 25.9 Å². The second-order valence-electron chi connectivity index (χ2n) is 11.1. The Bertz CT molecular complexity index is 1760. The zero-order valence-electron chi connectivity index (χ0n) is 26.8. The molecule has 1 saturated heterocycles. The first-order chi connectivity index (χ1) is 24.4. The van der Waals surface area contributed by atoms with Gasteiger partial charge in [-0.3, -0.25) is 10.1 Å². The molecule has 0 unspecified atom stereocenters. The molecule has 0 spiro atoms. The number of nitrogens with zero attached hydrogens (tertiary/aromatic N) is 4. The second kappa shape index (κ2) is 16.0. The Hall–Kier alpha value is -5.23. The molecule has 0 aliphatic carbocycles. The second-order valence-corrected chi connectivity index (χ2v) is 11.1. The van der Waals surface area contributed by atoms with Crippen molar-refractivity contribution in [1.29, 1.82) is 0 Å². The maximum atomic E-state index is 14.3. The zero-order chi connectivity index (χ0) is 38.5. The normalized spacial score (nSPS) is 21.6. The van der Waals surface area contributed by atoms with Gasteiger partial charge in [0.05, 0.1) is 55.3 Å². The van der Waals surface area contributed by atoms with Gasteiger partial charge in [-0.05, 0) is 24.3 Å². The Morgan fingerprint density at radius 2 is 1.90 bits per heavy atom. The summed E-state index contributed by atoms with van der Waals surface area (Å²) in [5.74, 6) is -6.76. The molecular weight excluding hydrogens is 719 g/mol. The number of carbonyl (C=O) groups excluding carboxylic acids is 2. The van der Waals surface area contributed by atoms with Gasteiger partial charge in [0.25, 0.3) is 6.43 Å². The fourth-order valence-corrected chi connectivity index (χ4v) is 4.99. The molecule has 0 bridgehead atoms. The summed E-state index contributed by atoms with van der Waals surface area (Å²) in [5, 5.41) is 62.6. The van der Waals surface area contributed by atoms with Gasteiger partial charge < -0.3 is 49.8 Å². The Balaban J connectivity index is 1.53.